The van der Waals surface area contributed by atoms with E-state index in [-0.39, 0.29) is 11.8 Å². The summed E-state index contributed by atoms with van der Waals surface area (Å²) in [7, 11) is 0. The van der Waals surface area contributed by atoms with Crippen molar-refractivity contribution in [1.82, 2.24) is 0 Å². The van der Waals surface area contributed by atoms with E-state index in [4.69, 9.17) is 5.73 Å². The van der Waals surface area contributed by atoms with Gasteiger partial charge in [-0.15, -0.1) is 0 Å². The number of hydrogen-bond acceptors (Lipinski definition) is 2. The minimum atomic E-state index is 0.00150. The van der Waals surface area contributed by atoms with E-state index in [9.17, 15) is 4.79 Å². The van der Waals surface area contributed by atoms with Crippen LogP contribution in [-0.2, 0) is 4.79 Å². The van der Waals surface area contributed by atoms with Gasteiger partial charge in [-0.05, 0) is 31.0 Å². The molecule has 0 radical (unpaired) electrons. The Morgan fingerprint density at radius 3 is 2.83 bits per heavy atom. The molecular weight excluding hydrogens is 224 g/mol. The van der Waals surface area contributed by atoms with Gasteiger partial charge in [0.1, 0.15) is 0 Å². The molecule has 0 spiro atoms. The van der Waals surface area contributed by atoms with Gasteiger partial charge in [-0.1, -0.05) is 31.8 Å². The molecular formula is C15H20N2O. The average molecular weight is 244 g/mol. The van der Waals surface area contributed by atoms with Gasteiger partial charge in [0.05, 0.1) is 12.2 Å². The Bertz CT molecular complexity index is 483. The van der Waals surface area contributed by atoms with Crippen LogP contribution in [0.3, 0.4) is 0 Å². The van der Waals surface area contributed by atoms with Crippen LogP contribution in [0.25, 0.3) is 0 Å². The van der Waals surface area contributed by atoms with Gasteiger partial charge >= 0.3 is 0 Å². The molecule has 3 N–H and O–H groups in total. The molecule has 1 unspecified atom stereocenters. The monoisotopic (exact) mass is 244 g/mol. The van der Waals surface area contributed by atoms with Crippen molar-refractivity contribution in [2.24, 2.45) is 11.7 Å². The number of amides is 1. The van der Waals surface area contributed by atoms with E-state index in [0.29, 0.717) is 6.54 Å². The van der Waals surface area contributed by atoms with E-state index in [1.165, 1.54) is 0 Å². The van der Waals surface area contributed by atoms with Crippen LogP contribution in [0.2, 0.25) is 0 Å². The molecule has 3 nitrogen and oxygen atoms in total. The highest BCUT2D eigenvalue weighted by atomic mass is 16.1. The number of benzene rings is 1. The second kappa shape index (κ2) is 6.83. The Kier molecular flexibility index (Phi) is 5.41. The van der Waals surface area contributed by atoms with Crippen molar-refractivity contribution in [1.29, 1.82) is 0 Å². The molecule has 0 saturated carbocycles. The van der Waals surface area contributed by atoms with Crippen molar-refractivity contribution in [3.05, 3.63) is 29.3 Å². The first-order valence-corrected chi connectivity index (χ1v) is 6.19. The Morgan fingerprint density at radius 1 is 1.50 bits per heavy atom. The van der Waals surface area contributed by atoms with Crippen molar-refractivity contribution in [2.45, 2.75) is 27.2 Å². The largest absolute Gasteiger partial charge is 0.325 e. The first-order chi connectivity index (χ1) is 8.58. The zero-order valence-electron chi connectivity index (χ0n) is 11.2. The van der Waals surface area contributed by atoms with Gasteiger partial charge < -0.3 is 11.1 Å². The van der Waals surface area contributed by atoms with E-state index < -0.39 is 0 Å². The molecule has 0 aliphatic heterocycles. The summed E-state index contributed by atoms with van der Waals surface area (Å²) in [5.41, 5.74) is 8.06. The molecule has 0 fully saturated rings. The van der Waals surface area contributed by atoms with Crippen LogP contribution in [0.1, 0.15) is 31.4 Å². The quantitative estimate of drug-likeness (QED) is 0.801. The number of hydrogen-bond donors (Lipinski definition) is 2. The molecule has 1 amide bonds. The smallest absolute Gasteiger partial charge is 0.227 e. The standard InChI is InChI=1S/C15H20N2O/c1-4-12(3)15(18)17-14-8-7-11(2)10-13(14)6-5-9-16/h7-8,10,12H,4,9,16H2,1-3H3,(H,17,18). The number of nitrogens with one attached hydrogen (secondary N) is 1. The van der Waals surface area contributed by atoms with Crippen molar-refractivity contribution in [2.75, 3.05) is 11.9 Å². The van der Waals surface area contributed by atoms with Gasteiger partial charge in [0.25, 0.3) is 0 Å². The molecule has 0 heterocycles. The van der Waals surface area contributed by atoms with Crippen molar-refractivity contribution < 1.29 is 4.79 Å². The topological polar surface area (TPSA) is 55.1 Å². The zero-order valence-corrected chi connectivity index (χ0v) is 11.2. The highest BCUT2D eigenvalue weighted by Gasteiger charge is 2.12. The highest BCUT2D eigenvalue weighted by molar-refractivity contribution is 5.93. The molecule has 1 rings (SSSR count). The van der Waals surface area contributed by atoms with Crippen LogP contribution in [0.4, 0.5) is 5.69 Å². The van der Waals surface area contributed by atoms with Gasteiger partial charge in [-0.2, -0.15) is 0 Å². The van der Waals surface area contributed by atoms with Crippen LogP contribution in [0.5, 0.6) is 0 Å². The predicted octanol–water partition coefficient (Wildman–Crippen LogP) is 2.29. The van der Waals surface area contributed by atoms with Crippen LogP contribution in [0, 0.1) is 24.7 Å². The molecule has 3 heteroatoms. The lowest BCUT2D eigenvalue weighted by atomic mass is 10.1. The summed E-state index contributed by atoms with van der Waals surface area (Å²) in [6.07, 6.45) is 0.821. The number of nitrogens with two attached hydrogens (primary N) is 1. The van der Waals surface area contributed by atoms with E-state index >= 15 is 0 Å². The summed E-state index contributed by atoms with van der Waals surface area (Å²) < 4.78 is 0. The Morgan fingerprint density at radius 2 is 2.22 bits per heavy atom. The van der Waals surface area contributed by atoms with Gasteiger partial charge in [0.2, 0.25) is 5.91 Å². The van der Waals surface area contributed by atoms with Crippen molar-refractivity contribution in [3.63, 3.8) is 0 Å². The number of carbonyl (C=O) groups excluding carboxylic acids is 1. The summed E-state index contributed by atoms with van der Waals surface area (Å²) in [6, 6.07) is 5.80. The molecule has 96 valence electrons. The molecule has 0 aromatic heterocycles. The molecule has 0 saturated heterocycles. The predicted molar refractivity (Wildman–Crippen MR) is 75.2 cm³/mol. The Balaban J connectivity index is 2.97. The summed E-state index contributed by atoms with van der Waals surface area (Å²) in [6.45, 7) is 6.21. The summed E-state index contributed by atoms with van der Waals surface area (Å²) in [4.78, 5) is 11.9. The fraction of sp³-hybridized carbons (Fsp3) is 0.400. The van der Waals surface area contributed by atoms with E-state index in [1.807, 2.05) is 39.0 Å². The number of aryl methyl sites for hydroxylation is 1. The summed E-state index contributed by atoms with van der Waals surface area (Å²) >= 11 is 0. The second-order valence-corrected chi connectivity index (χ2v) is 4.35. The number of rotatable bonds is 3. The molecule has 0 aliphatic carbocycles. The number of anilines is 1. The zero-order chi connectivity index (χ0) is 13.5. The minimum Gasteiger partial charge on any atom is -0.325 e. The Hall–Kier alpha value is -1.79. The van der Waals surface area contributed by atoms with Crippen LogP contribution in [-0.4, -0.2) is 12.5 Å². The molecule has 1 atom stereocenters. The summed E-state index contributed by atoms with van der Waals surface area (Å²) in [5.74, 6) is 5.83. The fourth-order valence-corrected chi connectivity index (χ4v) is 1.46. The molecule has 1 aromatic rings. The maximum atomic E-state index is 11.9. The van der Waals surface area contributed by atoms with Gasteiger partial charge in [0.15, 0.2) is 0 Å². The van der Waals surface area contributed by atoms with Crippen LogP contribution >= 0.6 is 0 Å². The third-order valence-corrected chi connectivity index (χ3v) is 2.82. The lowest BCUT2D eigenvalue weighted by Gasteiger charge is -2.12. The summed E-state index contributed by atoms with van der Waals surface area (Å²) in [5, 5.41) is 2.92. The fourth-order valence-electron chi connectivity index (χ4n) is 1.46. The van der Waals surface area contributed by atoms with E-state index in [1.54, 1.807) is 0 Å². The normalized spacial score (nSPS) is 11.3. The van der Waals surface area contributed by atoms with Gasteiger partial charge in [0, 0.05) is 11.5 Å². The van der Waals surface area contributed by atoms with E-state index in [2.05, 4.69) is 17.2 Å². The SMILES string of the molecule is CCC(C)C(=O)Nc1ccc(C)cc1C#CCN. The minimum absolute atomic E-state index is 0.00150. The lowest BCUT2D eigenvalue weighted by molar-refractivity contribution is -0.119. The van der Waals surface area contributed by atoms with Crippen LogP contribution < -0.4 is 11.1 Å². The lowest BCUT2D eigenvalue weighted by Crippen LogP contribution is -2.20. The first kappa shape index (κ1) is 14.3. The van der Waals surface area contributed by atoms with Crippen molar-refractivity contribution in [3.8, 4) is 11.8 Å². The van der Waals surface area contributed by atoms with Crippen molar-refractivity contribution >= 4 is 11.6 Å². The van der Waals surface area contributed by atoms with Gasteiger partial charge in [-0.25, -0.2) is 0 Å². The number of carbonyl (C=O) groups is 1. The molecule has 0 aliphatic rings. The second-order valence-electron chi connectivity index (χ2n) is 4.35. The van der Waals surface area contributed by atoms with E-state index in [0.717, 1.165) is 23.2 Å². The molecule has 1 aromatic carbocycles. The maximum Gasteiger partial charge on any atom is 0.227 e. The Labute approximate surface area is 109 Å². The molecule has 18 heavy (non-hydrogen) atoms. The molecule has 0 bridgehead atoms. The first-order valence-electron chi connectivity index (χ1n) is 6.19. The third kappa shape index (κ3) is 3.90. The third-order valence-electron chi connectivity index (χ3n) is 2.82. The highest BCUT2D eigenvalue weighted by Crippen LogP contribution is 2.17. The average Bonchev–Trinajstić information content (AvgIpc) is 2.37. The van der Waals surface area contributed by atoms with Gasteiger partial charge in [-0.3, -0.25) is 4.79 Å². The maximum absolute atomic E-state index is 11.9. The van der Waals surface area contributed by atoms with Crippen LogP contribution in [0.15, 0.2) is 18.2 Å².